The van der Waals surface area contributed by atoms with Crippen molar-refractivity contribution in [1.29, 1.82) is 0 Å². The maximum atomic E-state index is 13.2. The van der Waals surface area contributed by atoms with Crippen molar-refractivity contribution in [2.24, 2.45) is 0 Å². The molecule has 1 aliphatic heterocycles. The minimum Gasteiger partial charge on any atom is -0.349 e. The van der Waals surface area contributed by atoms with Gasteiger partial charge in [0.15, 0.2) is 6.54 Å². The minimum absolute atomic E-state index is 0.0982. The van der Waals surface area contributed by atoms with Crippen molar-refractivity contribution in [3.8, 4) is 0 Å². The second-order valence-corrected chi connectivity index (χ2v) is 6.53. The van der Waals surface area contributed by atoms with Gasteiger partial charge in [-0.15, -0.1) is 0 Å². The van der Waals surface area contributed by atoms with Crippen molar-refractivity contribution >= 4 is 11.8 Å². The van der Waals surface area contributed by atoms with Gasteiger partial charge >= 0.3 is 0 Å². The van der Waals surface area contributed by atoms with Gasteiger partial charge in [-0.2, -0.15) is 0 Å². The lowest BCUT2D eigenvalue weighted by Gasteiger charge is -2.29. The highest BCUT2D eigenvalue weighted by Gasteiger charge is 2.28. The summed E-state index contributed by atoms with van der Waals surface area (Å²) in [5.41, 5.74) is 0.351. The topological polar surface area (TPSA) is 62.6 Å². The zero-order chi connectivity index (χ0) is 16.2. The molecule has 1 aromatic rings. The van der Waals surface area contributed by atoms with Crippen LogP contribution < -0.4 is 15.5 Å². The monoisotopic (exact) mass is 320 g/mol. The van der Waals surface area contributed by atoms with Crippen LogP contribution in [0, 0.1) is 5.82 Å². The Morgan fingerprint density at radius 2 is 1.78 bits per heavy atom. The predicted molar refractivity (Wildman–Crippen MR) is 83.6 cm³/mol. The molecule has 0 aromatic heterocycles. The van der Waals surface area contributed by atoms with Crippen molar-refractivity contribution in [3.05, 3.63) is 35.6 Å². The van der Waals surface area contributed by atoms with Crippen molar-refractivity contribution in [1.82, 2.24) is 10.6 Å². The number of hydrogen-bond donors (Lipinski definition) is 3. The van der Waals surface area contributed by atoms with E-state index in [1.807, 2.05) is 0 Å². The highest BCUT2D eigenvalue weighted by molar-refractivity contribution is 5.94. The normalized spacial score (nSPS) is 24.0. The zero-order valence-electron chi connectivity index (χ0n) is 13.1. The Kier molecular flexibility index (Phi) is 4.91. The molecule has 6 heteroatoms. The summed E-state index contributed by atoms with van der Waals surface area (Å²) in [6.45, 7) is 2.25. The molecule has 0 bridgehead atoms. The molecule has 1 saturated carbocycles. The fourth-order valence-corrected chi connectivity index (χ4v) is 2.98. The number of rotatable bonds is 5. The van der Waals surface area contributed by atoms with E-state index in [0.29, 0.717) is 18.2 Å². The summed E-state index contributed by atoms with van der Waals surface area (Å²) >= 11 is 0. The first-order chi connectivity index (χ1) is 11.1. The highest BCUT2D eigenvalue weighted by atomic mass is 19.1. The van der Waals surface area contributed by atoms with Gasteiger partial charge in [-0.05, 0) is 31.0 Å². The van der Waals surface area contributed by atoms with Crippen molar-refractivity contribution in [2.45, 2.75) is 37.8 Å². The number of nitrogens with one attached hydrogen (secondary N) is 3. The molecule has 2 aliphatic rings. The minimum atomic E-state index is -0.404. The Hall–Kier alpha value is -1.95. The molecule has 3 N–H and O–H groups in total. The predicted octanol–water partition coefficient (Wildman–Crippen LogP) is -0.119. The van der Waals surface area contributed by atoms with Gasteiger partial charge in [-0.1, -0.05) is 6.07 Å². The van der Waals surface area contributed by atoms with Gasteiger partial charge in [0.2, 0.25) is 0 Å². The van der Waals surface area contributed by atoms with Crippen molar-refractivity contribution in [2.75, 3.05) is 19.6 Å². The SMILES string of the molecule is O=C(C[NH+]1CCC(NC(=O)c2cccc(F)c2)CC1)NC1CC1. The number of amides is 2. The number of carbonyl (C=O) groups is 2. The summed E-state index contributed by atoms with van der Waals surface area (Å²) < 4.78 is 13.2. The quantitative estimate of drug-likeness (QED) is 0.708. The molecule has 1 aromatic carbocycles. The van der Waals surface area contributed by atoms with Crippen LogP contribution in [-0.2, 0) is 4.79 Å². The van der Waals surface area contributed by atoms with E-state index in [1.54, 1.807) is 6.07 Å². The van der Waals surface area contributed by atoms with Crippen LogP contribution in [0.4, 0.5) is 4.39 Å². The van der Waals surface area contributed by atoms with Gasteiger partial charge in [0.05, 0.1) is 13.1 Å². The Morgan fingerprint density at radius 1 is 1.09 bits per heavy atom. The van der Waals surface area contributed by atoms with Gasteiger partial charge in [-0.25, -0.2) is 4.39 Å². The molecule has 0 atom stereocenters. The molecule has 124 valence electrons. The number of hydrogen-bond acceptors (Lipinski definition) is 2. The van der Waals surface area contributed by atoms with E-state index in [-0.39, 0.29) is 17.9 Å². The largest absolute Gasteiger partial charge is 0.349 e. The first-order valence-electron chi connectivity index (χ1n) is 8.29. The summed E-state index contributed by atoms with van der Waals surface area (Å²) in [7, 11) is 0. The summed E-state index contributed by atoms with van der Waals surface area (Å²) in [4.78, 5) is 25.2. The van der Waals surface area contributed by atoms with Gasteiger partial charge in [0.1, 0.15) is 5.82 Å². The van der Waals surface area contributed by atoms with E-state index >= 15 is 0 Å². The Balaban J connectivity index is 1.41. The average molecular weight is 320 g/mol. The lowest BCUT2D eigenvalue weighted by Crippen LogP contribution is -3.14. The third-order valence-electron chi connectivity index (χ3n) is 4.47. The lowest BCUT2D eigenvalue weighted by molar-refractivity contribution is -0.897. The van der Waals surface area contributed by atoms with E-state index in [9.17, 15) is 14.0 Å². The molecule has 3 rings (SSSR count). The Morgan fingerprint density at radius 3 is 2.43 bits per heavy atom. The van der Waals surface area contributed by atoms with Crippen LogP contribution in [0.25, 0.3) is 0 Å². The molecular formula is C17H23FN3O2+. The third-order valence-corrected chi connectivity index (χ3v) is 4.47. The fourth-order valence-electron chi connectivity index (χ4n) is 2.98. The van der Waals surface area contributed by atoms with Crippen LogP contribution in [0.2, 0.25) is 0 Å². The van der Waals surface area contributed by atoms with Crippen LogP contribution in [0.1, 0.15) is 36.0 Å². The van der Waals surface area contributed by atoms with Crippen molar-refractivity contribution < 1.29 is 18.9 Å². The molecule has 1 saturated heterocycles. The highest BCUT2D eigenvalue weighted by Crippen LogP contribution is 2.18. The fraction of sp³-hybridized carbons (Fsp3) is 0.529. The summed E-state index contributed by atoms with van der Waals surface area (Å²) in [6, 6.07) is 6.23. The molecule has 0 spiro atoms. The van der Waals surface area contributed by atoms with Crippen LogP contribution in [0.15, 0.2) is 24.3 Å². The third kappa shape index (κ3) is 4.76. The zero-order valence-corrected chi connectivity index (χ0v) is 13.1. The second-order valence-electron chi connectivity index (χ2n) is 6.53. The second kappa shape index (κ2) is 7.08. The van der Waals surface area contributed by atoms with E-state index in [1.165, 1.54) is 23.1 Å². The molecule has 0 unspecified atom stereocenters. The first kappa shape index (κ1) is 15.9. The number of benzene rings is 1. The molecule has 1 heterocycles. The van der Waals surface area contributed by atoms with Crippen LogP contribution in [0.5, 0.6) is 0 Å². The standard InChI is InChI=1S/C17H22FN3O2/c18-13-3-1-2-12(10-13)17(23)20-15-6-8-21(9-7-15)11-16(22)19-14-4-5-14/h1-3,10,14-15H,4-9,11H2,(H,19,22)(H,20,23)/p+1. The summed E-state index contributed by atoms with van der Waals surface area (Å²) in [5.74, 6) is -0.507. The molecule has 1 aliphatic carbocycles. The van der Waals surface area contributed by atoms with Gasteiger partial charge < -0.3 is 15.5 Å². The number of piperidine rings is 1. The Bertz CT molecular complexity index is 581. The lowest BCUT2D eigenvalue weighted by atomic mass is 10.0. The van der Waals surface area contributed by atoms with E-state index in [2.05, 4.69) is 10.6 Å². The summed E-state index contributed by atoms with van der Waals surface area (Å²) in [5, 5.41) is 5.97. The van der Waals surface area contributed by atoms with Gasteiger partial charge in [0.25, 0.3) is 11.8 Å². The first-order valence-corrected chi connectivity index (χ1v) is 8.29. The molecule has 23 heavy (non-hydrogen) atoms. The van der Waals surface area contributed by atoms with E-state index < -0.39 is 5.82 Å². The molecule has 2 fully saturated rings. The van der Waals surface area contributed by atoms with Crippen LogP contribution >= 0.6 is 0 Å². The van der Waals surface area contributed by atoms with Gasteiger partial charge in [0, 0.05) is 30.5 Å². The smallest absolute Gasteiger partial charge is 0.275 e. The number of likely N-dealkylation sites (tertiary alicyclic amines) is 1. The van der Waals surface area contributed by atoms with Crippen molar-refractivity contribution in [3.63, 3.8) is 0 Å². The molecule has 0 radical (unpaired) electrons. The number of halogens is 1. The summed E-state index contributed by atoms with van der Waals surface area (Å²) in [6.07, 6.45) is 3.89. The average Bonchev–Trinajstić information content (AvgIpc) is 3.33. The molecular weight excluding hydrogens is 297 g/mol. The van der Waals surface area contributed by atoms with Crippen LogP contribution in [0.3, 0.4) is 0 Å². The number of quaternary nitrogens is 1. The maximum Gasteiger partial charge on any atom is 0.275 e. The van der Waals surface area contributed by atoms with Gasteiger partial charge in [-0.3, -0.25) is 9.59 Å². The molecule has 2 amide bonds. The van der Waals surface area contributed by atoms with E-state index in [0.717, 1.165) is 38.8 Å². The Labute approximate surface area is 135 Å². The molecule has 5 nitrogen and oxygen atoms in total. The maximum absolute atomic E-state index is 13.2. The van der Waals surface area contributed by atoms with E-state index in [4.69, 9.17) is 0 Å². The number of carbonyl (C=O) groups excluding carboxylic acids is 2. The van der Waals surface area contributed by atoms with Crippen LogP contribution in [-0.4, -0.2) is 43.5 Å².